The number of ether oxygens (including phenoxy) is 1. The number of halogens is 1. The van der Waals surface area contributed by atoms with Crippen molar-refractivity contribution < 1.29 is 4.74 Å². The predicted octanol–water partition coefficient (Wildman–Crippen LogP) is 2.64. The molecule has 19 heavy (non-hydrogen) atoms. The lowest BCUT2D eigenvalue weighted by molar-refractivity contribution is 0.0613. The van der Waals surface area contributed by atoms with Crippen LogP contribution in [0.5, 0.6) is 0 Å². The summed E-state index contributed by atoms with van der Waals surface area (Å²) in [6.45, 7) is 2.72. The lowest BCUT2D eigenvalue weighted by Gasteiger charge is -2.23. The van der Waals surface area contributed by atoms with Crippen molar-refractivity contribution in [2.24, 2.45) is 5.92 Å². The van der Waals surface area contributed by atoms with Crippen LogP contribution in [0.4, 0.5) is 0 Å². The molecule has 0 aliphatic carbocycles. The number of alkyl halides is 1. The van der Waals surface area contributed by atoms with Gasteiger partial charge in [0, 0.05) is 38.3 Å². The molecule has 0 unspecified atom stereocenters. The molecule has 0 atom stereocenters. The van der Waals surface area contributed by atoms with E-state index in [4.69, 9.17) is 16.3 Å². The molecule has 5 heteroatoms. The fourth-order valence-electron chi connectivity index (χ4n) is 2.66. The van der Waals surface area contributed by atoms with E-state index in [0.29, 0.717) is 11.8 Å². The first kappa shape index (κ1) is 12.9. The molecular weight excluding hydrogens is 262 g/mol. The third-order valence-corrected chi connectivity index (χ3v) is 3.87. The van der Waals surface area contributed by atoms with E-state index in [-0.39, 0.29) is 0 Å². The lowest BCUT2D eigenvalue weighted by Crippen LogP contribution is -2.21. The Balaban J connectivity index is 1.92. The molecule has 0 saturated carbocycles. The van der Waals surface area contributed by atoms with Gasteiger partial charge in [-0.25, -0.2) is 9.97 Å². The first-order valence-electron chi connectivity index (χ1n) is 6.82. The molecule has 1 saturated heterocycles. The minimum atomic E-state index is 0.594. The molecule has 3 rings (SSSR count). The monoisotopic (exact) mass is 279 g/mol. The average molecular weight is 280 g/mol. The van der Waals surface area contributed by atoms with Crippen molar-refractivity contribution in [3.8, 4) is 0 Å². The minimum absolute atomic E-state index is 0.594. The predicted molar refractivity (Wildman–Crippen MR) is 75.5 cm³/mol. The molecule has 0 amide bonds. The van der Waals surface area contributed by atoms with Crippen molar-refractivity contribution in [1.29, 1.82) is 0 Å². The summed E-state index contributed by atoms with van der Waals surface area (Å²) in [7, 11) is 0. The zero-order valence-electron chi connectivity index (χ0n) is 10.9. The molecule has 3 heterocycles. The van der Waals surface area contributed by atoms with E-state index in [1.807, 2.05) is 18.3 Å². The highest BCUT2D eigenvalue weighted by molar-refractivity contribution is 6.17. The molecule has 1 aliphatic rings. The summed E-state index contributed by atoms with van der Waals surface area (Å²) in [6, 6.07) is 3.94. The standard InChI is InChI=1S/C14H18ClN3O/c15-6-3-13-17-12-2-1-7-16-14(12)18(13)10-11-4-8-19-9-5-11/h1-2,7,11H,3-6,8-10H2. The third kappa shape index (κ3) is 2.74. The molecule has 0 N–H and O–H groups in total. The summed E-state index contributed by atoms with van der Waals surface area (Å²) in [4.78, 5) is 9.13. The van der Waals surface area contributed by atoms with Gasteiger partial charge < -0.3 is 9.30 Å². The van der Waals surface area contributed by atoms with Crippen molar-refractivity contribution in [3.63, 3.8) is 0 Å². The lowest BCUT2D eigenvalue weighted by atomic mass is 10.0. The summed E-state index contributed by atoms with van der Waals surface area (Å²) in [5.74, 6) is 2.30. The van der Waals surface area contributed by atoms with Gasteiger partial charge in [0.2, 0.25) is 0 Å². The number of fused-ring (bicyclic) bond motifs is 1. The molecule has 1 fully saturated rings. The molecule has 4 nitrogen and oxygen atoms in total. The molecular formula is C14H18ClN3O. The van der Waals surface area contributed by atoms with Crippen LogP contribution in [0.15, 0.2) is 18.3 Å². The Morgan fingerprint density at radius 2 is 2.21 bits per heavy atom. The summed E-state index contributed by atoms with van der Waals surface area (Å²) >= 11 is 5.88. The van der Waals surface area contributed by atoms with Gasteiger partial charge in [-0.05, 0) is 30.9 Å². The highest BCUT2D eigenvalue weighted by Crippen LogP contribution is 2.21. The van der Waals surface area contributed by atoms with E-state index < -0.39 is 0 Å². The van der Waals surface area contributed by atoms with Crippen molar-refractivity contribution in [3.05, 3.63) is 24.2 Å². The first-order valence-corrected chi connectivity index (χ1v) is 7.36. The minimum Gasteiger partial charge on any atom is -0.381 e. The van der Waals surface area contributed by atoms with Gasteiger partial charge in [0.05, 0.1) is 0 Å². The number of pyridine rings is 1. The van der Waals surface area contributed by atoms with E-state index in [1.54, 1.807) is 0 Å². The number of imidazole rings is 1. The molecule has 0 spiro atoms. The van der Waals surface area contributed by atoms with Crippen LogP contribution >= 0.6 is 11.6 Å². The zero-order chi connectivity index (χ0) is 13.1. The van der Waals surface area contributed by atoms with Crippen LogP contribution in [-0.2, 0) is 17.7 Å². The Morgan fingerprint density at radius 1 is 1.37 bits per heavy atom. The maximum atomic E-state index is 5.88. The quantitative estimate of drug-likeness (QED) is 0.808. The van der Waals surface area contributed by atoms with Gasteiger partial charge in [-0.3, -0.25) is 0 Å². The summed E-state index contributed by atoms with van der Waals surface area (Å²) < 4.78 is 7.67. The highest BCUT2D eigenvalue weighted by Gasteiger charge is 2.18. The van der Waals surface area contributed by atoms with Crippen LogP contribution in [-0.4, -0.2) is 33.6 Å². The SMILES string of the molecule is ClCCc1nc2cccnc2n1CC1CCOCC1. The first-order chi connectivity index (χ1) is 9.38. The van der Waals surface area contributed by atoms with Gasteiger partial charge in [-0.1, -0.05) is 0 Å². The van der Waals surface area contributed by atoms with Crippen LogP contribution in [0.25, 0.3) is 11.2 Å². The molecule has 0 radical (unpaired) electrons. The van der Waals surface area contributed by atoms with E-state index >= 15 is 0 Å². The number of aryl methyl sites for hydroxylation is 1. The molecule has 1 aliphatic heterocycles. The van der Waals surface area contributed by atoms with Gasteiger partial charge in [-0.15, -0.1) is 11.6 Å². The second-order valence-electron chi connectivity index (χ2n) is 4.98. The largest absolute Gasteiger partial charge is 0.381 e. The van der Waals surface area contributed by atoms with Crippen LogP contribution in [0, 0.1) is 5.92 Å². The summed E-state index contributed by atoms with van der Waals surface area (Å²) in [5, 5.41) is 0. The topological polar surface area (TPSA) is 39.9 Å². The number of nitrogens with zero attached hydrogens (tertiary/aromatic N) is 3. The van der Waals surface area contributed by atoms with E-state index in [0.717, 1.165) is 56.0 Å². The molecule has 0 aromatic carbocycles. The van der Waals surface area contributed by atoms with Crippen molar-refractivity contribution in [2.75, 3.05) is 19.1 Å². The maximum absolute atomic E-state index is 5.88. The Bertz CT molecular complexity index is 549. The second kappa shape index (κ2) is 5.88. The molecule has 2 aromatic rings. The second-order valence-corrected chi connectivity index (χ2v) is 5.36. The third-order valence-electron chi connectivity index (χ3n) is 3.68. The zero-order valence-corrected chi connectivity index (χ0v) is 11.6. The summed E-state index contributed by atoms with van der Waals surface area (Å²) in [5.41, 5.74) is 1.95. The Labute approximate surface area is 117 Å². The van der Waals surface area contributed by atoms with Crippen LogP contribution < -0.4 is 0 Å². The van der Waals surface area contributed by atoms with Crippen molar-refractivity contribution in [2.45, 2.75) is 25.8 Å². The Morgan fingerprint density at radius 3 is 3.00 bits per heavy atom. The Kier molecular flexibility index (Phi) is 3.99. The van der Waals surface area contributed by atoms with Crippen LogP contribution in [0.1, 0.15) is 18.7 Å². The maximum Gasteiger partial charge on any atom is 0.159 e. The van der Waals surface area contributed by atoms with Gasteiger partial charge >= 0.3 is 0 Å². The molecule has 2 aromatic heterocycles. The number of hydrogen-bond donors (Lipinski definition) is 0. The van der Waals surface area contributed by atoms with Gasteiger partial charge in [0.1, 0.15) is 11.3 Å². The fourth-order valence-corrected chi connectivity index (χ4v) is 2.83. The van der Waals surface area contributed by atoms with Crippen molar-refractivity contribution in [1.82, 2.24) is 14.5 Å². The fraction of sp³-hybridized carbons (Fsp3) is 0.571. The van der Waals surface area contributed by atoms with Crippen molar-refractivity contribution >= 4 is 22.8 Å². The van der Waals surface area contributed by atoms with Gasteiger partial charge in [0.15, 0.2) is 5.65 Å². The van der Waals surface area contributed by atoms with Gasteiger partial charge in [-0.2, -0.15) is 0 Å². The van der Waals surface area contributed by atoms with E-state index in [2.05, 4.69) is 14.5 Å². The van der Waals surface area contributed by atoms with Crippen LogP contribution in [0.2, 0.25) is 0 Å². The normalized spacial score (nSPS) is 17.1. The molecule has 102 valence electrons. The smallest absolute Gasteiger partial charge is 0.159 e. The van der Waals surface area contributed by atoms with E-state index in [9.17, 15) is 0 Å². The summed E-state index contributed by atoms with van der Waals surface area (Å²) in [6.07, 6.45) is 4.86. The highest BCUT2D eigenvalue weighted by atomic mass is 35.5. The Hall–Kier alpha value is -1.13. The van der Waals surface area contributed by atoms with Crippen LogP contribution in [0.3, 0.4) is 0 Å². The van der Waals surface area contributed by atoms with E-state index in [1.165, 1.54) is 0 Å². The van der Waals surface area contributed by atoms with Gasteiger partial charge in [0.25, 0.3) is 0 Å². The average Bonchev–Trinajstić information content (AvgIpc) is 2.79. The number of hydrogen-bond acceptors (Lipinski definition) is 3. The number of aromatic nitrogens is 3. The molecule has 0 bridgehead atoms. The number of rotatable bonds is 4.